The summed E-state index contributed by atoms with van der Waals surface area (Å²) in [7, 11) is -4.00. The molecule has 10 heteroatoms. The number of benzene rings is 2. The van der Waals surface area contributed by atoms with Gasteiger partial charge in [-0.3, -0.25) is 4.79 Å². The Labute approximate surface area is 277 Å². The number of fused-ring (bicyclic) bond motifs is 4. The Hall–Kier alpha value is -3.03. The summed E-state index contributed by atoms with van der Waals surface area (Å²) in [6.45, 7) is 4.98. The van der Waals surface area contributed by atoms with Crippen LogP contribution in [0, 0.1) is 29.6 Å². The molecule has 6 rings (SSSR count). The summed E-state index contributed by atoms with van der Waals surface area (Å²) < 4.78 is 35.5. The molecule has 6 atom stereocenters. The van der Waals surface area contributed by atoms with Gasteiger partial charge in [0.15, 0.2) is 0 Å². The molecule has 246 valence electrons. The van der Waals surface area contributed by atoms with Crippen LogP contribution in [0.2, 0.25) is 5.02 Å². The van der Waals surface area contributed by atoms with Crippen LogP contribution >= 0.6 is 11.6 Å². The van der Waals surface area contributed by atoms with Crippen molar-refractivity contribution in [3.8, 4) is 17.6 Å². The predicted molar refractivity (Wildman–Crippen MR) is 180 cm³/mol. The van der Waals surface area contributed by atoms with E-state index in [1.807, 2.05) is 25.1 Å². The van der Waals surface area contributed by atoms with Crippen molar-refractivity contribution in [3.63, 3.8) is 0 Å². The van der Waals surface area contributed by atoms with Crippen molar-refractivity contribution in [2.24, 2.45) is 17.8 Å². The van der Waals surface area contributed by atoms with E-state index < -0.39 is 26.8 Å². The Kier molecular flexibility index (Phi) is 9.21. The van der Waals surface area contributed by atoms with Crippen molar-refractivity contribution in [1.82, 2.24) is 4.72 Å². The van der Waals surface area contributed by atoms with Gasteiger partial charge in [0, 0.05) is 41.4 Å². The highest BCUT2D eigenvalue weighted by molar-refractivity contribution is 7.90. The number of carbonyl (C=O) groups is 1. The number of hydrogen-bond donors (Lipinski definition) is 3. The van der Waals surface area contributed by atoms with Crippen molar-refractivity contribution < 1.29 is 28.2 Å². The monoisotopic (exact) mass is 666 g/mol. The number of aryl methyl sites for hydroxylation is 1. The molecule has 1 amide bonds. The van der Waals surface area contributed by atoms with Gasteiger partial charge in [0.1, 0.15) is 11.4 Å². The molecule has 2 aromatic carbocycles. The fourth-order valence-electron chi connectivity index (χ4n) is 7.66. The first-order chi connectivity index (χ1) is 21.9. The maximum atomic E-state index is 13.4. The molecule has 0 saturated heterocycles. The van der Waals surface area contributed by atoms with Crippen LogP contribution in [0.25, 0.3) is 0 Å². The Bertz CT molecular complexity index is 1700. The molecular weight excluding hydrogens is 624 g/mol. The second kappa shape index (κ2) is 12.9. The van der Waals surface area contributed by atoms with Crippen molar-refractivity contribution in [3.05, 3.63) is 70.3 Å². The van der Waals surface area contributed by atoms with Crippen LogP contribution in [0.5, 0.6) is 5.75 Å². The molecule has 46 heavy (non-hydrogen) atoms. The van der Waals surface area contributed by atoms with Crippen LogP contribution in [0.15, 0.2) is 48.6 Å². The highest BCUT2D eigenvalue weighted by Gasteiger charge is 2.47. The number of hydrogen-bond acceptors (Lipinski definition) is 7. The molecule has 2 aromatic rings. The molecule has 0 unspecified atom stereocenters. The second-order valence-electron chi connectivity index (χ2n) is 13.6. The number of amides is 1. The number of aliphatic hydroxyl groups is 2. The summed E-state index contributed by atoms with van der Waals surface area (Å²) in [4.78, 5) is 15.7. The van der Waals surface area contributed by atoms with Gasteiger partial charge >= 0.3 is 0 Å². The number of halogens is 1. The number of allylic oxidation sites excluding steroid dienone is 1. The standard InChI is InChI=1S/C36H43ClN2O6S/c1-24-7-5-17-36(42,16-3-4-18-40)31-12-9-28(31)21-39-22-35(15-6-8-26-19-29(37)11-13-30(26)35)23-45-33-14-10-27(20-32(33)39)34(41)38-46(43,44)25(24)2/h5,10-11,13-14,17,19-20,24-25,28,31,40,42H,4,6-9,12,15,18,21-23H2,1-2H3,(H,38,41)/b17-5+/t24-,25+,28-,31+,35-,36+/m0/s1. The molecule has 0 aromatic heterocycles. The van der Waals surface area contributed by atoms with E-state index in [4.69, 9.17) is 16.3 Å². The highest BCUT2D eigenvalue weighted by Crippen LogP contribution is 2.48. The molecular formula is C36H43ClN2O6S. The number of aliphatic hydroxyl groups excluding tert-OH is 1. The number of carbonyl (C=O) groups excluding carboxylic acids is 1. The van der Waals surface area contributed by atoms with Gasteiger partial charge in [-0.2, -0.15) is 0 Å². The van der Waals surface area contributed by atoms with E-state index >= 15 is 0 Å². The molecule has 0 radical (unpaired) electrons. The molecule has 2 aliphatic heterocycles. The zero-order valence-corrected chi connectivity index (χ0v) is 28.0. The fraction of sp³-hybridized carbons (Fsp3) is 0.528. The lowest BCUT2D eigenvalue weighted by Crippen LogP contribution is -2.52. The van der Waals surface area contributed by atoms with Crippen LogP contribution in [-0.2, 0) is 21.9 Å². The quantitative estimate of drug-likeness (QED) is 0.290. The topological polar surface area (TPSA) is 116 Å². The first-order valence-corrected chi connectivity index (χ1v) is 18.2. The third-order valence-electron chi connectivity index (χ3n) is 10.7. The first-order valence-electron chi connectivity index (χ1n) is 16.3. The van der Waals surface area contributed by atoms with E-state index in [9.17, 15) is 23.4 Å². The number of nitrogens with zero attached hydrogens (tertiary/aromatic N) is 1. The van der Waals surface area contributed by atoms with Gasteiger partial charge in [-0.25, -0.2) is 13.1 Å². The average Bonchev–Trinajstić information content (AvgIpc) is 3.15. The summed E-state index contributed by atoms with van der Waals surface area (Å²) in [5.74, 6) is 5.58. The predicted octanol–water partition coefficient (Wildman–Crippen LogP) is 5.00. The van der Waals surface area contributed by atoms with Gasteiger partial charge < -0.3 is 19.8 Å². The minimum Gasteiger partial charge on any atom is -0.490 e. The number of sulfonamides is 1. The van der Waals surface area contributed by atoms with Crippen molar-refractivity contribution in [2.45, 2.75) is 75.1 Å². The van der Waals surface area contributed by atoms with Gasteiger partial charge in [-0.1, -0.05) is 42.5 Å². The molecule has 2 bridgehead atoms. The van der Waals surface area contributed by atoms with E-state index in [0.717, 1.165) is 37.8 Å². The van der Waals surface area contributed by atoms with Gasteiger partial charge in [0.05, 0.1) is 24.2 Å². The Morgan fingerprint density at radius 2 is 2.00 bits per heavy atom. The number of ether oxygens (including phenoxy) is 1. The SMILES string of the molecule is C[C@@H]1[C@@H](C)C/C=C/[C@](O)(C#CCCO)[C@@H]2CC[C@H]2CN2C[C@@]3(CCCc4cc(Cl)ccc43)COc3ccc(cc32)C(=O)NS1(=O)=O. The average molecular weight is 667 g/mol. The largest absolute Gasteiger partial charge is 0.490 e. The summed E-state index contributed by atoms with van der Waals surface area (Å²) in [5, 5.41) is 21.3. The smallest absolute Gasteiger partial charge is 0.264 e. The Morgan fingerprint density at radius 1 is 1.17 bits per heavy atom. The van der Waals surface area contributed by atoms with Crippen molar-refractivity contribution >= 4 is 33.2 Å². The van der Waals surface area contributed by atoms with Crippen LogP contribution in [-0.4, -0.2) is 61.7 Å². The minimum atomic E-state index is -4.00. The maximum absolute atomic E-state index is 13.4. The summed E-state index contributed by atoms with van der Waals surface area (Å²) in [5.41, 5.74) is 1.65. The molecule has 4 aliphatic rings. The lowest BCUT2D eigenvalue weighted by atomic mass is 9.64. The van der Waals surface area contributed by atoms with Crippen LogP contribution < -0.4 is 14.4 Å². The number of anilines is 1. The van der Waals surface area contributed by atoms with Gasteiger partial charge in [-0.15, -0.1) is 0 Å². The molecule has 2 heterocycles. The molecule has 2 aliphatic carbocycles. The van der Waals surface area contributed by atoms with E-state index in [1.54, 1.807) is 31.2 Å². The number of rotatable bonds is 1. The minimum absolute atomic E-state index is 0.0940. The van der Waals surface area contributed by atoms with Gasteiger partial charge in [-0.05, 0) is 105 Å². The van der Waals surface area contributed by atoms with Crippen LogP contribution in [0.1, 0.15) is 73.9 Å². The summed E-state index contributed by atoms with van der Waals surface area (Å²) in [6.07, 6.45) is 8.70. The Balaban J connectivity index is 1.45. The maximum Gasteiger partial charge on any atom is 0.264 e. The first kappa shape index (κ1) is 32.9. The summed E-state index contributed by atoms with van der Waals surface area (Å²) >= 11 is 6.41. The molecule has 8 nitrogen and oxygen atoms in total. The molecule has 1 spiro atoms. The molecule has 1 saturated carbocycles. The summed E-state index contributed by atoms with van der Waals surface area (Å²) in [6, 6.07) is 11.2. The second-order valence-corrected chi connectivity index (χ2v) is 16.1. The third kappa shape index (κ3) is 6.29. The van der Waals surface area contributed by atoms with Gasteiger partial charge in [0.2, 0.25) is 10.0 Å². The van der Waals surface area contributed by atoms with E-state index in [1.165, 1.54) is 11.1 Å². The van der Waals surface area contributed by atoms with E-state index in [0.29, 0.717) is 36.9 Å². The lowest BCUT2D eigenvalue weighted by molar-refractivity contribution is -0.00326. The number of nitrogens with one attached hydrogen (secondary N) is 1. The highest BCUT2D eigenvalue weighted by atomic mass is 35.5. The van der Waals surface area contributed by atoms with Crippen LogP contribution in [0.3, 0.4) is 0 Å². The zero-order chi connectivity index (χ0) is 32.7. The Morgan fingerprint density at radius 3 is 2.76 bits per heavy atom. The van der Waals surface area contributed by atoms with E-state index in [-0.39, 0.29) is 41.8 Å². The fourth-order valence-corrected chi connectivity index (χ4v) is 9.14. The normalized spacial score (nSPS) is 32.7. The molecule has 3 N–H and O–H groups in total. The van der Waals surface area contributed by atoms with Crippen molar-refractivity contribution in [1.29, 1.82) is 0 Å². The lowest BCUT2D eigenvalue weighted by Gasteiger charge is -2.47. The van der Waals surface area contributed by atoms with Crippen molar-refractivity contribution in [2.75, 3.05) is 31.2 Å². The van der Waals surface area contributed by atoms with Crippen LogP contribution in [0.4, 0.5) is 5.69 Å². The van der Waals surface area contributed by atoms with E-state index in [2.05, 4.69) is 27.5 Å². The van der Waals surface area contributed by atoms with Gasteiger partial charge in [0.25, 0.3) is 5.91 Å². The zero-order valence-electron chi connectivity index (χ0n) is 26.5. The molecule has 1 fully saturated rings. The third-order valence-corrected chi connectivity index (χ3v) is 12.8.